The molecule has 0 bridgehead atoms. The van der Waals surface area contributed by atoms with Gasteiger partial charge >= 0.3 is 0 Å². The van der Waals surface area contributed by atoms with Gasteiger partial charge in [-0.25, -0.2) is 0 Å². The van der Waals surface area contributed by atoms with Gasteiger partial charge in [-0.3, -0.25) is 0 Å². The summed E-state index contributed by atoms with van der Waals surface area (Å²) in [4.78, 5) is 2.56. The number of benzene rings is 9. The van der Waals surface area contributed by atoms with Gasteiger partial charge in [0.2, 0.25) is 0 Å². The molecule has 2 aliphatic rings. The van der Waals surface area contributed by atoms with E-state index >= 15 is 0 Å². The highest BCUT2D eigenvalue weighted by Gasteiger charge is 2.39. The predicted molar refractivity (Wildman–Crippen MR) is 260 cm³/mol. The van der Waals surface area contributed by atoms with Crippen molar-refractivity contribution in [2.24, 2.45) is 0 Å². The van der Waals surface area contributed by atoms with Gasteiger partial charge < -0.3 is 9.32 Å². The summed E-state index contributed by atoms with van der Waals surface area (Å²) < 4.78 is 6.75. The first-order valence-corrected chi connectivity index (χ1v) is 21.8. The first-order chi connectivity index (χ1) is 30.3. The monoisotopic (exact) mass is 795 g/mol. The van der Waals surface area contributed by atoms with Crippen molar-refractivity contribution in [3.63, 3.8) is 0 Å². The molecule has 2 nitrogen and oxygen atoms in total. The van der Waals surface area contributed by atoms with E-state index in [4.69, 9.17) is 4.42 Å². The zero-order valence-electron chi connectivity index (χ0n) is 35.4. The maximum atomic E-state index is 6.75. The van der Waals surface area contributed by atoms with Crippen LogP contribution in [0, 0.1) is 0 Å². The first kappa shape index (κ1) is 36.4. The Morgan fingerprint density at radius 3 is 1.76 bits per heavy atom. The Morgan fingerprint density at radius 1 is 0.355 bits per heavy atom. The number of para-hydroxylation sites is 1. The fourth-order valence-electron chi connectivity index (χ4n) is 10.8. The highest BCUT2D eigenvalue weighted by Crippen LogP contribution is 2.57. The molecule has 1 aromatic heterocycles. The number of rotatable bonds is 6. The van der Waals surface area contributed by atoms with Crippen molar-refractivity contribution in [2.75, 3.05) is 4.90 Å². The van der Waals surface area contributed by atoms with Crippen LogP contribution in [0.15, 0.2) is 205 Å². The van der Waals surface area contributed by atoms with Crippen molar-refractivity contribution >= 4 is 39.0 Å². The average molecular weight is 796 g/mol. The van der Waals surface area contributed by atoms with Crippen LogP contribution in [0.3, 0.4) is 0 Å². The number of anilines is 3. The molecule has 12 rings (SSSR count). The van der Waals surface area contributed by atoms with Gasteiger partial charge in [-0.1, -0.05) is 185 Å². The zero-order chi connectivity index (χ0) is 41.7. The van der Waals surface area contributed by atoms with Crippen LogP contribution in [0.25, 0.3) is 77.6 Å². The van der Waals surface area contributed by atoms with Crippen molar-refractivity contribution in [1.29, 1.82) is 0 Å². The van der Waals surface area contributed by atoms with E-state index in [2.05, 4.69) is 233 Å². The fourth-order valence-corrected chi connectivity index (χ4v) is 10.8. The molecule has 0 atom stereocenters. The SMILES string of the molecule is CC1(C)c2ccccc2-c2ccc(N(c3cc(-c4ccccc4)ccc3-c3cc(-c4ccccc4)c4c(c3)oc3ccccc34)c3cccc4c3-c3ccccc3C4(C)C)cc21. The van der Waals surface area contributed by atoms with E-state index in [0.717, 1.165) is 66.8 Å². The van der Waals surface area contributed by atoms with Crippen LogP contribution in [0.5, 0.6) is 0 Å². The van der Waals surface area contributed by atoms with E-state index in [1.165, 1.54) is 50.1 Å². The third-order valence-corrected chi connectivity index (χ3v) is 13.9. The second-order valence-corrected chi connectivity index (χ2v) is 18.1. The van der Waals surface area contributed by atoms with Crippen molar-refractivity contribution in [3.05, 3.63) is 222 Å². The minimum Gasteiger partial charge on any atom is -0.456 e. The van der Waals surface area contributed by atoms with Crippen LogP contribution in [0.4, 0.5) is 17.1 Å². The smallest absolute Gasteiger partial charge is 0.136 e. The van der Waals surface area contributed by atoms with Crippen LogP contribution < -0.4 is 4.90 Å². The minimum atomic E-state index is -0.174. The normalized spacial score (nSPS) is 14.1. The van der Waals surface area contributed by atoms with E-state index in [0.29, 0.717) is 0 Å². The molecule has 0 amide bonds. The summed E-state index contributed by atoms with van der Waals surface area (Å²) in [7, 11) is 0. The largest absolute Gasteiger partial charge is 0.456 e. The molecular formula is C60H45NO. The molecule has 0 aliphatic heterocycles. The topological polar surface area (TPSA) is 16.4 Å². The molecule has 0 spiro atoms. The minimum absolute atomic E-state index is 0.166. The van der Waals surface area contributed by atoms with E-state index < -0.39 is 0 Å². The van der Waals surface area contributed by atoms with E-state index in [1.807, 2.05) is 0 Å². The molecule has 0 saturated heterocycles. The quantitative estimate of drug-likeness (QED) is 0.167. The number of furan rings is 1. The second kappa shape index (κ2) is 13.5. The Kier molecular flexibility index (Phi) is 7.96. The molecular weight excluding hydrogens is 751 g/mol. The number of nitrogens with zero attached hydrogens (tertiary/aromatic N) is 1. The highest BCUT2D eigenvalue weighted by atomic mass is 16.3. The lowest BCUT2D eigenvalue weighted by Gasteiger charge is -2.32. The zero-order valence-corrected chi connectivity index (χ0v) is 35.4. The van der Waals surface area contributed by atoms with Gasteiger partial charge in [-0.05, 0) is 109 Å². The van der Waals surface area contributed by atoms with E-state index in [9.17, 15) is 0 Å². The van der Waals surface area contributed by atoms with Crippen LogP contribution in [0.1, 0.15) is 49.9 Å². The maximum Gasteiger partial charge on any atom is 0.136 e. The van der Waals surface area contributed by atoms with Crippen LogP contribution in [0.2, 0.25) is 0 Å². The molecule has 0 N–H and O–H groups in total. The molecule has 0 unspecified atom stereocenters. The average Bonchev–Trinajstić information content (AvgIpc) is 3.89. The number of fused-ring (bicyclic) bond motifs is 9. The summed E-state index contributed by atoms with van der Waals surface area (Å²) in [6.07, 6.45) is 0. The second-order valence-electron chi connectivity index (χ2n) is 18.1. The molecule has 2 heteroatoms. The number of hydrogen-bond acceptors (Lipinski definition) is 2. The predicted octanol–water partition coefficient (Wildman–Crippen LogP) is 16.7. The van der Waals surface area contributed by atoms with Crippen molar-refractivity contribution in [1.82, 2.24) is 0 Å². The van der Waals surface area contributed by atoms with Crippen LogP contribution in [-0.4, -0.2) is 0 Å². The summed E-state index contributed by atoms with van der Waals surface area (Å²) in [6.45, 7) is 9.49. The lowest BCUT2D eigenvalue weighted by molar-refractivity contribution is 0.660. The summed E-state index contributed by atoms with van der Waals surface area (Å²) in [5.74, 6) is 0. The molecule has 0 saturated carbocycles. The molecule has 2 aliphatic carbocycles. The molecule has 10 aromatic rings. The Morgan fingerprint density at radius 2 is 0.968 bits per heavy atom. The van der Waals surface area contributed by atoms with Gasteiger partial charge in [0.25, 0.3) is 0 Å². The molecule has 0 radical (unpaired) electrons. The van der Waals surface area contributed by atoms with E-state index in [-0.39, 0.29) is 10.8 Å². The van der Waals surface area contributed by atoms with Crippen molar-refractivity contribution in [2.45, 2.75) is 38.5 Å². The Balaban J connectivity index is 1.19. The van der Waals surface area contributed by atoms with Gasteiger partial charge in [-0.15, -0.1) is 0 Å². The summed E-state index contributed by atoms with van der Waals surface area (Å²) in [6, 6.07) is 73.7. The standard InChI is InChI=1S/C60H45NO/c1-59(2)50-26-15-12-23-46(50)58-51(59)27-17-28-53(58)61(42-31-33-45-44-22-11-14-25-49(44)60(3,4)52(45)37-42)54-35-40(38-18-7-5-8-19-38)30-32-43(54)41-34-48(39-20-9-6-10-21-39)57-47-24-13-16-29-55(47)62-56(57)36-41/h5-37H,1-4H3. The lowest BCUT2D eigenvalue weighted by Crippen LogP contribution is -2.18. The molecule has 1 heterocycles. The Hall–Kier alpha value is -7.42. The summed E-state index contributed by atoms with van der Waals surface area (Å²) in [5, 5.41) is 2.26. The van der Waals surface area contributed by atoms with Crippen LogP contribution >= 0.6 is 0 Å². The van der Waals surface area contributed by atoms with Gasteiger partial charge in [0, 0.05) is 38.4 Å². The van der Waals surface area contributed by atoms with Gasteiger partial charge in [0.15, 0.2) is 0 Å². The maximum absolute atomic E-state index is 6.75. The lowest BCUT2D eigenvalue weighted by atomic mass is 9.82. The third kappa shape index (κ3) is 5.36. The molecule has 62 heavy (non-hydrogen) atoms. The highest BCUT2D eigenvalue weighted by molar-refractivity contribution is 6.14. The van der Waals surface area contributed by atoms with Crippen molar-refractivity contribution in [3.8, 4) is 55.6 Å². The van der Waals surface area contributed by atoms with Crippen molar-refractivity contribution < 1.29 is 4.42 Å². The summed E-state index contributed by atoms with van der Waals surface area (Å²) in [5.41, 5.74) is 22.3. The van der Waals surface area contributed by atoms with E-state index in [1.54, 1.807) is 0 Å². The van der Waals surface area contributed by atoms with Gasteiger partial charge in [-0.2, -0.15) is 0 Å². The molecule has 9 aromatic carbocycles. The molecule has 296 valence electrons. The molecule has 0 fully saturated rings. The van der Waals surface area contributed by atoms with Gasteiger partial charge in [0.05, 0.1) is 11.4 Å². The van der Waals surface area contributed by atoms with Gasteiger partial charge in [0.1, 0.15) is 11.2 Å². The third-order valence-electron chi connectivity index (χ3n) is 13.9. The Bertz CT molecular complexity index is 3410. The Labute approximate surface area is 363 Å². The van der Waals surface area contributed by atoms with Crippen LogP contribution in [-0.2, 0) is 10.8 Å². The fraction of sp³-hybridized carbons (Fsp3) is 0.100. The first-order valence-electron chi connectivity index (χ1n) is 21.8. The number of hydrogen-bond donors (Lipinski definition) is 0. The summed E-state index contributed by atoms with van der Waals surface area (Å²) >= 11 is 0.